The van der Waals surface area contributed by atoms with Gasteiger partial charge in [0.2, 0.25) is 0 Å². The summed E-state index contributed by atoms with van der Waals surface area (Å²) in [5.74, 6) is 0.463. The van der Waals surface area contributed by atoms with Crippen LogP contribution in [0, 0.1) is 18.7 Å². The molecule has 2 N–H and O–H groups in total. The number of carbonyl (C=O) groups is 1. The van der Waals surface area contributed by atoms with Gasteiger partial charge in [-0.15, -0.1) is 0 Å². The molecule has 0 saturated heterocycles. The van der Waals surface area contributed by atoms with Gasteiger partial charge in [0.25, 0.3) is 0 Å². The summed E-state index contributed by atoms with van der Waals surface area (Å²) in [5.41, 5.74) is 7.38. The van der Waals surface area contributed by atoms with Gasteiger partial charge in [0.05, 0.1) is 0 Å². The Labute approximate surface area is 121 Å². The number of halogens is 1. The Bertz CT molecular complexity index is 425. The van der Waals surface area contributed by atoms with Crippen LogP contribution >= 0.6 is 0 Å². The lowest BCUT2D eigenvalue weighted by molar-refractivity contribution is -0.118. The molecule has 1 atom stereocenters. The van der Waals surface area contributed by atoms with E-state index in [4.69, 9.17) is 5.73 Å². The van der Waals surface area contributed by atoms with Gasteiger partial charge < -0.3 is 5.73 Å². The standard InChI is InChI=1S/C17H26FNO/c1-3-4-14(9-10-19)6-8-17(20)12-15-11-16(18)7-5-13(15)2/h5,7,11,14H,3-4,6,8-10,12,19H2,1-2H3. The summed E-state index contributed by atoms with van der Waals surface area (Å²) in [5, 5.41) is 0. The largest absolute Gasteiger partial charge is 0.330 e. The molecule has 0 bridgehead atoms. The molecule has 0 fully saturated rings. The van der Waals surface area contributed by atoms with Crippen LogP contribution in [-0.4, -0.2) is 12.3 Å². The Morgan fingerprint density at radius 1 is 1.30 bits per heavy atom. The van der Waals surface area contributed by atoms with Crippen molar-refractivity contribution in [1.29, 1.82) is 0 Å². The second kappa shape index (κ2) is 8.85. The van der Waals surface area contributed by atoms with Crippen molar-refractivity contribution < 1.29 is 9.18 Å². The summed E-state index contributed by atoms with van der Waals surface area (Å²) in [6, 6.07) is 4.63. The van der Waals surface area contributed by atoms with Gasteiger partial charge in [0.15, 0.2) is 0 Å². The molecule has 0 heterocycles. The molecule has 0 aliphatic carbocycles. The fourth-order valence-corrected chi connectivity index (χ4v) is 2.57. The monoisotopic (exact) mass is 279 g/mol. The lowest BCUT2D eigenvalue weighted by Crippen LogP contribution is -2.12. The van der Waals surface area contributed by atoms with E-state index in [1.807, 2.05) is 6.92 Å². The molecule has 3 heteroatoms. The van der Waals surface area contributed by atoms with E-state index < -0.39 is 0 Å². The zero-order chi connectivity index (χ0) is 15.0. The highest BCUT2D eigenvalue weighted by Crippen LogP contribution is 2.18. The van der Waals surface area contributed by atoms with Crippen molar-refractivity contribution in [3.63, 3.8) is 0 Å². The van der Waals surface area contributed by atoms with Crippen molar-refractivity contribution in [2.45, 2.75) is 52.4 Å². The van der Waals surface area contributed by atoms with Crippen molar-refractivity contribution >= 4 is 5.78 Å². The van der Waals surface area contributed by atoms with E-state index in [1.165, 1.54) is 12.1 Å². The Morgan fingerprint density at radius 3 is 2.70 bits per heavy atom. The highest BCUT2D eigenvalue weighted by atomic mass is 19.1. The predicted octanol–water partition coefficient (Wildman–Crippen LogP) is 3.79. The van der Waals surface area contributed by atoms with Gasteiger partial charge in [-0.25, -0.2) is 4.39 Å². The number of Topliss-reactive ketones (excluding diaryl/α,β-unsaturated/α-hetero) is 1. The predicted molar refractivity (Wildman–Crippen MR) is 81.2 cm³/mol. The van der Waals surface area contributed by atoms with Gasteiger partial charge in [-0.1, -0.05) is 25.8 Å². The van der Waals surface area contributed by atoms with Crippen LogP contribution in [0.1, 0.15) is 50.2 Å². The molecule has 1 aromatic rings. The molecule has 0 aliphatic rings. The van der Waals surface area contributed by atoms with E-state index in [9.17, 15) is 9.18 Å². The maximum atomic E-state index is 13.2. The lowest BCUT2D eigenvalue weighted by Gasteiger charge is -2.14. The number of nitrogens with two attached hydrogens (primary N) is 1. The summed E-state index contributed by atoms with van der Waals surface area (Å²) in [4.78, 5) is 12.0. The van der Waals surface area contributed by atoms with E-state index in [2.05, 4.69) is 6.92 Å². The number of hydrogen-bond donors (Lipinski definition) is 1. The van der Waals surface area contributed by atoms with E-state index in [0.717, 1.165) is 36.8 Å². The average molecular weight is 279 g/mol. The van der Waals surface area contributed by atoms with E-state index in [-0.39, 0.29) is 11.6 Å². The highest BCUT2D eigenvalue weighted by Gasteiger charge is 2.12. The lowest BCUT2D eigenvalue weighted by atomic mass is 9.92. The molecule has 1 rings (SSSR count). The SMILES string of the molecule is CCCC(CCN)CCC(=O)Cc1cc(F)ccc1C. The number of benzene rings is 1. The first-order valence-corrected chi connectivity index (χ1v) is 7.53. The molecular formula is C17H26FNO. The Morgan fingerprint density at radius 2 is 2.05 bits per heavy atom. The summed E-state index contributed by atoms with van der Waals surface area (Å²) in [6.45, 7) is 4.75. The molecule has 0 radical (unpaired) electrons. The van der Waals surface area contributed by atoms with Crippen molar-refractivity contribution in [2.24, 2.45) is 11.7 Å². The zero-order valence-electron chi connectivity index (χ0n) is 12.6. The third-order valence-electron chi connectivity index (χ3n) is 3.80. The minimum Gasteiger partial charge on any atom is -0.330 e. The number of ketones is 1. The van der Waals surface area contributed by atoms with Crippen LogP contribution in [0.2, 0.25) is 0 Å². The van der Waals surface area contributed by atoms with Crippen molar-refractivity contribution in [1.82, 2.24) is 0 Å². The highest BCUT2D eigenvalue weighted by molar-refractivity contribution is 5.81. The fourth-order valence-electron chi connectivity index (χ4n) is 2.57. The maximum Gasteiger partial charge on any atom is 0.137 e. The van der Waals surface area contributed by atoms with Crippen LogP contribution in [0.25, 0.3) is 0 Å². The van der Waals surface area contributed by atoms with E-state index >= 15 is 0 Å². The molecule has 0 amide bonds. The van der Waals surface area contributed by atoms with Crippen molar-refractivity contribution in [2.75, 3.05) is 6.54 Å². The topological polar surface area (TPSA) is 43.1 Å². The molecule has 2 nitrogen and oxygen atoms in total. The van der Waals surface area contributed by atoms with E-state index in [0.29, 0.717) is 25.3 Å². The molecule has 112 valence electrons. The fraction of sp³-hybridized carbons (Fsp3) is 0.588. The van der Waals surface area contributed by atoms with Crippen LogP contribution in [0.4, 0.5) is 4.39 Å². The number of hydrogen-bond acceptors (Lipinski definition) is 2. The molecule has 0 aliphatic heterocycles. The molecule has 20 heavy (non-hydrogen) atoms. The van der Waals surface area contributed by atoms with Gasteiger partial charge in [-0.3, -0.25) is 4.79 Å². The minimum absolute atomic E-state index is 0.192. The Balaban J connectivity index is 2.48. The summed E-state index contributed by atoms with van der Waals surface area (Å²) < 4.78 is 13.2. The summed E-state index contributed by atoms with van der Waals surface area (Å²) in [6.07, 6.45) is 5.05. The van der Waals surface area contributed by atoms with Gasteiger partial charge in [-0.05, 0) is 55.5 Å². The maximum absolute atomic E-state index is 13.2. The summed E-state index contributed by atoms with van der Waals surface area (Å²) in [7, 11) is 0. The first-order chi connectivity index (χ1) is 9.56. The van der Waals surface area contributed by atoms with E-state index in [1.54, 1.807) is 6.07 Å². The van der Waals surface area contributed by atoms with Crippen LogP contribution in [0.15, 0.2) is 18.2 Å². The Hall–Kier alpha value is -1.22. The van der Waals surface area contributed by atoms with Crippen molar-refractivity contribution in [3.8, 4) is 0 Å². The third kappa shape index (κ3) is 5.83. The van der Waals surface area contributed by atoms with Crippen LogP contribution in [0.3, 0.4) is 0 Å². The summed E-state index contributed by atoms with van der Waals surface area (Å²) >= 11 is 0. The first kappa shape index (κ1) is 16.8. The van der Waals surface area contributed by atoms with Gasteiger partial charge in [0, 0.05) is 12.8 Å². The van der Waals surface area contributed by atoms with Crippen molar-refractivity contribution in [3.05, 3.63) is 35.1 Å². The van der Waals surface area contributed by atoms with Gasteiger partial charge in [0.1, 0.15) is 11.6 Å². The Kier molecular flexibility index (Phi) is 7.45. The normalized spacial score (nSPS) is 12.4. The smallest absolute Gasteiger partial charge is 0.137 e. The average Bonchev–Trinajstić information content (AvgIpc) is 2.41. The molecule has 0 saturated carbocycles. The van der Waals surface area contributed by atoms with Gasteiger partial charge >= 0.3 is 0 Å². The number of carbonyl (C=O) groups excluding carboxylic acids is 1. The zero-order valence-corrected chi connectivity index (χ0v) is 12.6. The molecular weight excluding hydrogens is 253 g/mol. The second-order valence-electron chi connectivity index (χ2n) is 5.56. The second-order valence-corrected chi connectivity index (χ2v) is 5.56. The van der Waals surface area contributed by atoms with Crippen LogP contribution in [-0.2, 0) is 11.2 Å². The quantitative estimate of drug-likeness (QED) is 0.747. The number of aryl methyl sites for hydroxylation is 1. The first-order valence-electron chi connectivity index (χ1n) is 7.53. The van der Waals surface area contributed by atoms with Gasteiger partial charge in [-0.2, -0.15) is 0 Å². The minimum atomic E-state index is -0.273. The number of rotatable bonds is 9. The third-order valence-corrected chi connectivity index (χ3v) is 3.80. The molecule has 0 spiro atoms. The molecule has 1 unspecified atom stereocenters. The molecule has 0 aromatic heterocycles. The molecule has 1 aromatic carbocycles. The van der Waals surface area contributed by atoms with Crippen LogP contribution < -0.4 is 5.73 Å². The van der Waals surface area contributed by atoms with Crippen LogP contribution in [0.5, 0.6) is 0 Å².